The fourth-order valence-electron chi connectivity index (χ4n) is 2.91. The lowest BCUT2D eigenvalue weighted by atomic mass is 9.92. The molecule has 0 heterocycles. The van der Waals surface area contributed by atoms with Crippen molar-refractivity contribution in [3.63, 3.8) is 0 Å². The van der Waals surface area contributed by atoms with Crippen LogP contribution in [0.3, 0.4) is 0 Å². The van der Waals surface area contributed by atoms with Gasteiger partial charge in [-0.05, 0) is 30.9 Å². The number of carbonyl (C=O) groups excluding carboxylic acids is 3. The predicted octanol–water partition coefficient (Wildman–Crippen LogP) is 1.83. The smallest absolute Gasteiger partial charge is 0.423 e. The number of ether oxygens (including phenoxy) is 1. The molecule has 0 aliphatic rings. The highest BCUT2D eigenvalue weighted by Gasteiger charge is 2.42. The first-order chi connectivity index (χ1) is 15.1. The topological polar surface area (TPSA) is 153 Å². The zero-order valence-electron chi connectivity index (χ0n) is 17.8. The molecule has 1 unspecified atom stereocenters. The Balaban J connectivity index is 2.20. The third kappa shape index (κ3) is 7.00. The van der Waals surface area contributed by atoms with E-state index < -0.39 is 41.9 Å². The van der Waals surface area contributed by atoms with Gasteiger partial charge in [-0.15, -0.1) is 0 Å². The number of carbonyl (C=O) groups is 4. The van der Waals surface area contributed by atoms with E-state index >= 15 is 0 Å². The van der Waals surface area contributed by atoms with Gasteiger partial charge in [0.1, 0.15) is 6.61 Å². The number of aryl methyl sites for hydroxylation is 1. The Hall–Kier alpha value is -3.56. The second-order valence-corrected chi connectivity index (χ2v) is 7.63. The van der Waals surface area contributed by atoms with Crippen molar-refractivity contribution in [2.24, 2.45) is 11.5 Å². The van der Waals surface area contributed by atoms with Crippen LogP contribution in [0.15, 0.2) is 60.7 Å². The Bertz CT molecular complexity index is 947. The van der Waals surface area contributed by atoms with E-state index in [-0.39, 0.29) is 17.9 Å². The van der Waals surface area contributed by atoms with Crippen molar-refractivity contribution in [2.75, 3.05) is 0 Å². The summed E-state index contributed by atoms with van der Waals surface area (Å²) in [5.41, 5.74) is 11.8. The van der Waals surface area contributed by atoms with E-state index in [1.807, 2.05) is 30.3 Å². The molecule has 0 aromatic heterocycles. The van der Waals surface area contributed by atoms with E-state index in [0.29, 0.717) is 12.0 Å². The lowest BCUT2D eigenvalue weighted by Gasteiger charge is -2.30. The second-order valence-electron chi connectivity index (χ2n) is 7.63. The van der Waals surface area contributed by atoms with Crippen LogP contribution < -0.4 is 11.5 Å². The van der Waals surface area contributed by atoms with Gasteiger partial charge in [-0.3, -0.25) is 14.4 Å². The molecule has 0 aliphatic heterocycles. The summed E-state index contributed by atoms with van der Waals surface area (Å²) in [4.78, 5) is 49.8. The number of carboxylic acid groups (broad SMARTS) is 1. The first-order valence-electron chi connectivity index (χ1n) is 10.0. The molecule has 2 aromatic carbocycles. The SMILES string of the molecule is CC(N)(CCc1ccccc1)C(=O)N(C(=O)OCc1ccccc1)C(=O)[C@@H](N)CC(=O)O. The van der Waals surface area contributed by atoms with Crippen LogP contribution in [0.1, 0.15) is 30.9 Å². The minimum absolute atomic E-state index is 0.125. The molecule has 2 rings (SSSR count). The van der Waals surface area contributed by atoms with Crippen molar-refractivity contribution in [1.82, 2.24) is 4.90 Å². The Labute approximate surface area is 185 Å². The summed E-state index contributed by atoms with van der Waals surface area (Å²) >= 11 is 0. The summed E-state index contributed by atoms with van der Waals surface area (Å²) in [6, 6.07) is 16.3. The summed E-state index contributed by atoms with van der Waals surface area (Å²) < 4.78 is 5.13. The summed E-state index contributed by atoms with van der Waals surface area (Å²) in [7, 11) is 0. The van der Waals surface area contributed by atoms with Gasteiger partial charge in [0.15, 0.2) is 0 Å². The third-order valence-corrected chi connectivity index (χ3v) is 4.79. The van der Waals surface area contributed by atoms with Gasteiger partial charge < -0.3 is 21.3 Å². The van der Waals surface area contributed by atoms with Crippen LogP contribution in [0.5, 0.6) is 0 Å². The van der Waals surface area contributed by atoms with Crippen LogP contribution in [-0.2, 0) is 32.1 Å². The van der Waals surface area contributed by atoms with Crippen LogP contribution in [-0.4, -0.2) is 45.5 Å². The van der Waals surface area contributed by atoms with Gasteiger partial charge in [-0.2, -0.15) is 4.90 Å². The molecule has 170 valence electrons. The van der Waals surface area contributed by atoms with Gasteiger partial charge in [0.05, 0.1) is 18.0 Å². The maximum Gasteiger partial charge on any atom is 0.423 e. The molecule has 0 saturated heterocycles. The second kappa shape index (κ2) is 11.2. The van der Waals surface area contributed by atoms with Crippen molar-refractivity contribution >= 4 is 23.9 Å². The largest absolute Gasteiger partial charge is 0.481 e. The number of aliphatic carboxylic acids is 1. The van der Waals surface area contributed by atoms with Crippen molar-refractivity contribution in [3.8, 4) is 0 Å². The molecule has 32 heavy (non-hydrogen) atoms. The number of rotatable bonds is 9. The highest BCUT2D eigenvalue weighted by Crippen LogP contribution is 2.17. The fraction of sp³-hybridized carbons (Fsp3) is 0.304. The van der Waals surface area contributed by atoms with Gasteiger partial charge in [0.25, 0.3) is 11.8 Å². The summed E-state index contributed by atoms with van der Waals surface area (Å²) in [6.07, 6.45) is -1.48. The summed E-state index contributed by atoms with van der Waals surface area (Å²) in [5.74, 6) is -3.56. The average molecular weight is 441 g/mol. The van der Waals surface area contributed by atoms with Gasteiger partial charge in [-0.1, -0.05) is 60.7 Å². The number of hydrogen-bond acceptors (Lipinski definition) is 7. The number of benzene rings is 2. The maximum absolute atomic E-state index is 13.1. The number of carboxylic acids is 1. The number of amides is 3. The van der Waals surface area contributed by atoms with Crippen molar-refractivity contribution in [2.45, 2.75) is 44.4 Å². The molecule has 9 nitrogen and oxygen atoms in total. The van der Waals surface area contributed by atoms with Crippen LogP contribution in [0.2, 0.25) is 0 Å². The van der Waals surface area contributed by atoms with E-state index in [4.69, 9.17) is 21.3 Å². The highest BCUT2D eigenvalue weighted by atomic mass is 16.6. The van der Waals surface area contributed by atoms with E-state index in [2.05, 4.69) is 0 Å². The van der Waals surface area contributed by atoms with Gasteiger partial charge in [-0.25, -0.2) is 4.79 Å². The van der Waals surface area contributed by atoms with Crippen molar-refractivity contribution in [1.29, 1.82) is 0 Å². The van der Waals surface area contributed by atoms with E-state index in [0.717, 1.165) is 5.56 Å². The normalized spacial score (nSPS) is 13.5. The molecule has 0 saturated carbocycles. The molecule has 9 heteroatoms. The lowest BCUT2D eigenvalue weighted by molar-refractivity contribution is -0.149. The van der Waals surface area contributed by atoms with Gasteiger partial charge >= 0.3 is 12.1 Å². The fourth-order valence-corrected chi connectivity index (χ4v) is 2.91. The minimum Gasteiger partial charge on any atom is -0.481 e. The van der Waals surface area contributed by atoms with E-state index in [9.17, 15) is 19.2 Å². The Kier molecular flexibility index (Phi) is 8.62. The quantitative estimate of drug-likeness (QED) is 0.533. The zero-order valence-corrected chi connectivity index (χ0v) is 17.8. The van der Waals surface area contributed by atoms with Gasteiger partial charge in [0, 0.05) is 0 Å². The molecule has 0 aliphatic carbocycles. The molecule has 5 N–H and O–H groups in total. The van der Waals surface area contributed by atoms with Gasteiger partial charge in [0.2, 0.25) is 0 Å². The Morgan fingerprint density at radius 3 is 2.06 bits per heavy atom. The molecule has 0 radical (unpaired) electrons. The Morgan fingerprint density at radius 1 is 1.00 bits per heavy atom. The number of hydrogen-bond donors (Lipinski definition) is 3. The van der Waals surface area contributed by atoms with Crippen molar-refractivity contribution < 1.29 is 29.0 Å². The summed E-state index contributed by atoms with van der Waals surface area (Å²) in [6.45, 7) is 1.20. The lowest BCUT2D eigenvalue weighted by Crippen LogP contribution is -2.60. The average Bonchev–Trinajstić information content (AvgIpc) is 2.77. The van der Waals surface area contributed by atoms with Crippen molar-refractivity contribution in [3.05, 3.63) is 71.8 Å². The highest BCUT2D eigenvalue weighted by molar-refractivity contribution is 6.13. The molecule has 0 spiro atoms. The molecular formula is C23H27N3O6. The molecule has 0 fully saturated rings. The Morgan fingerprint density at radius 2 is 1.53 bits per heavy atom. The third-order valence-electron chi connectivity index (χ3n) is 4.79. The number of imide groups is 3. The molecule has 3 amide bonds. The zero-order chi connectivity index (χ0) is 23.7. The first kappa shape index (κ1) is 24.7. The minimum atomic E-state index is -1.62. The monoisotopic (exact) mass is 441 g/mol. The number of nitrogens with zero attached hydrogens (tertiary/aromatic N) is 1. The molecule has 0 bridgehead atoms. The molecular weight excluding hydrogens is 414 g/mol. The molecule has 2 aromatic rings. The van der Waals surface area contributed by atoms with E-state index in [1.54, 1.807) is 30.3 Å². The van der Waals surface area contributed by atoms with E-state index in [1.165, 1.54) is 6.92 Å². The van der Waals surface area contributed by atoms with Crippen LogP contribution in [0.25, 0.3) is 0 Å². The number of nitrogens with two attached hydrogens (primary N) is 2. The van der Waals surface area contributed by atoms with Crippen LogP contribution in [0.4, 0.5) is 4.79 Å². The van der Waals surface area contributed by atoms with Crippen LogP contribution >= 0.6 is 0 Å². The van der Waals surface area contributed by atoms with Crippen LogP contribution in [0, 0.1) is 0 Å². The standard InChI is InChI=1S/C23H27N3O6/c1-23(25,13-12-16-8-4-2-5-9-16)21(30)26(20(29)18(24)14-19(27)28)22(31)32-15-17-10-6-3-7-11-17/h2-11,18H,12-15,24-25H2,1H3,(H,27,28)/t18-,23?/m0/s1. The molecule has 2 atom stereocenters. The summed E-state index contributed by atoms with van der Waals surface area (Å²) in [5, 5.41) is 8.94. The first-order valence-corrected chi connectivity index (χ1v) is 10.0. The maximum atomic E-state index is 13.1. The predicted molar refractivity (Wildman–Crippen MR) is 116 cm³/mol.